The van der Waals surface area contributed by atoms with E-state index in [-0.39, 0.29) is 18.0 Å². The molecule has 0 saturated heterocycles. The van der Waals surface area contributed by atoms with Gasteiger partial charge in [-0.2, -0.15) is 0 Å². The molecule has 0 aliphatic heterocycles. The molecule has 0 fully saturated rings. The Hall–Kier alpha value is -2.23. The molecule has 0 spiro atoms. The van der Waals surface area contributed by atoms with Crippen LogP contribution in [0.15, 0.2) is 42.5 Å². The first-order valence-corrected chi connectivity index (χ1v) is 6.79. The lowest BCUT2D eigenvalue weighted by atomic mass is 10.0. The molecule has 1 N–H and O–H groups in total. The van der Waals surface area contributed by atoms with Gasteiger partial charge in [-0.3, -0.25) is 4.79 Å². The van der Waals surface area contributed by atoms with E-state index in [4.69, 9.17) is 0 Å². The topological polar surface area (TPSA) is 29.1 Å². The number of carbonyl (C=O) groups excluding carboxylic acids is 1. The Morgan fingerprint density at radius 2 is 1.76 bits per heavy atom. The van der Waals surface area contributed by atoms with Crippen molar-refractivity contribution < 1.29 is 13.6 Å². The molecular formula is C17H17F2NO. The van der Waals surface area contributed by atoms with Crippen LogP contribution in [-0.4, -0.2) is 5.91 Å². The molecule has 0 saturated carbocycles. The minimum Gasteiger partial charge on any atom is -0.323 e. The van der Waals surface area contributed by atoms with E-state index in [2.05, 4.69) is 19.2 Å². The third-order valence-corrected chi connectivity index (χ3v) is 3.22. The molecule has 1 amide bonds. The number of anilines is 1. The molecule has 0 aliphatic carbocycles. The molecule has 0 atom stereocenters. The van der Waals surface area contributed by atoms with E-state index in [1.165, 1.54) is 11.6 Å². The Morgan fingerprint density at radius 3 is 2.33 bits per heavy atom. The van der Waals surface area contributed by atoms with Gasteiger partial charge in [-0.15, -0.1) is 0 Å². The third-order valence-electron chi connectivity index (χ3n) is 3.22. The molecule has 0 aromatic heterocycles. The Bertz CT molecular complexity index is 636. The molecule has 2 nitrogen and oxygen atoms in total. The molecule has 0 heterocycles. The van der Waals surface area contributed by atoms with Gasteiger partial charge in [0.25, 0.3) is 0 Å². The lowest BCUT2D eigenvalue weighted by Gasteiger charge is -2.08. The van der Waals surface area contributed by atoms with E-state index >= 15 is 0 Å². The summed E-state index contributed by atoms with van der Waals surface area (Å²) in [7, 11) is 0. The van der Waals surface area contributed by atoms with E-state index < -0.39 is 11.6 Å². The predicted molar refractivity (Wildman–Crippen MR) is 79.2 cm³/mol. The van der Waals surface area contributed by atoms with Crippen LogP contribution in [0.1, 0.15) is 30.9 Å². The number of rotatable bonds is 4. The zero-order valence-electron chi connectivity index (χ0n) is 12.0. The second-order valence-electron chi connectivity index (χ2n) is 5.25. The van der Waals surface area contributed by atoms with Crippen LogP contribution in [0.4, 0.5) is 14.5 Å². The SMILES string of the molecule is CC(C)c1ccc(CC(=O)Nc2ccc(F)cc2F)cc1. The van der Waals surface area contributed by atoms with Gasteiger partial charge in [-0.25, -0.2) is 8.78 Å². The van der Waals surface area contributed by atoms with E-state index in [1.807, 2.05) is 24.3 Å². The maximum absolute atomic E-state index is 13.4. The van der Waals surface area contributed by atoms with Crippen LogP contribution in [0.5, 0.6) is 0 Å². The minimum absolute atomic E-state index is 0.0137. The largest absolute Gasteiger partial charge is 0.323 e. The third kappa shape index (κ3) is 4.12. The molecule has 4 heteroatoms. The van der Waals surface area contributed by atoms with Crippen molar-refractivity contribution in [1.82, 2.24) is 0 Å². The first kappa shape index (κ1) is 15.2. The molecule has 0 radical (unpaired) electrons. The van der Waals surface area contributed by atoms with Crippen LogP contribution >= 0.6 is 0 Å². The van der Waals surface area contributed by atoms with E-state index in [0.717, 1.165) is 17.7 Å². The molecule has 2 aromatic carbocycles. The van der Waals surface area contributed by atoms with Crippen LogP contribution < -0.4 is 5.32 Å². The van der Waals surface area contributed by atoms with Crippen molar-refractivity contribution in [2.45, 2.75) is 26.2 Å². The van der Waals surface area contributed by atoms with Crippen LogP contribution in [-0.2, 0) is 11.2 Å². The molecule has 2 aromatic rings. The predicted octanol–water partition coefficient (Wildman–Crippen LogP) is 4.27. The summed E-state index contributed by atoms with van der Waals surface area (Å²) < 4.78 is 26.2. The van der Waals surface area contributed by atoms with Crippen molar-refractivity contribution in [3.05, 3.63) is 65.2 Å². The van der Waals surface area contributed by atoms with Gasteiger partial charge in [0.1, 0.15) is 11.6 Å². The first-order valence-electron chi connectivity index (χ1n) is 6.79. The van der Waals surface area contributed by atoms with Gasteiger partial charge in [0.15, 0.2) is 0 Å². The maximum Gasteiger partial charge on any atom is 0.228 e. The zero-order valence-corrected chi connectivity index (χ0v) is 12.0. The fraction of sp³-hybridized carbons (Fsp3) is 0.235. The number of hydrogen-bond donors (Lipinski definition) is 1. The van der Waals surface area contributed by atoms with Crippen LogP contribution in [0.2, 0.25) is 0 Å². The Kier molecular flexibility index (Phi) is 4.68. The van der Waals surface area contributed by atoms with E-state index in [1.54, 1.807) is 0 Å². The van der Waals surface area contributed by atoms with Gasteiger partial charge in [0.05, 0.1) is 12.1 Å². The Balaban J connectivity index is 2.01. The monoisotopic (exact) mass is 289 g/mol. The highest BCUT2D eigenvalue weighted by Gasteiger charge is 2.09. The minimum atomic E-state index is -0.779. The summed E-state index contributed by atoms with van der Waals surface area (Å²) in [6.45, 7) is 4.19. The molecule has 0 bridgehead atoms. The second kappa shape index (κ2) is 6.48. The summed E-state index contributed by atoms with van der Waals surface area (Å²) in [5, 5.41) is 2.44. The van der Waals surface area contributed by atoms with Crippen molar-refractivity contribution in [1.29, 1.82) is 0 Å². The van der Waals surface area contributed by atoms with Crippen LogP contribution in [0, 0.1) is 11.6 Å². The van der Waals surface area contributed by atoms with Gasteiger partial charge >= 0.3 is 0 Å². The van der Waals surface area contributed by atoms with Gasteiger partial charge in [-0.1, -0.05) is 38.1 Å². The van der Waals surface area contributed by atoms with Crippen molar-refractivity contribution in [3.8, 4) is 0 Å². The highest BCUT2D eigenvalue weighted by Crippen LogP contribution is 2.17. The fourth-order valence-electron chi connectivity index (χ4n) is 1.99. The van der Waals surface area contributed by atoms with Crippen molar-refractivity contribution in [2.75, 3.05) is 5.32 Å². The second-order valence-corrected chi connectivity index (χ2v) is 5.25. The highest BCUT2D eigenvalue weighted by atomic mass is 19.1. The highest BCUT2D eigenvalue weighted by molar-refractivity contribution is 5.92. The molecule has 2 rings (SSSR count). The summed E-state index contributed by atoms with van der Waals surface area (Å²) in [5.74, 6) is -1.35. The average Bonchev–Trinajstić information content (AvgIpc) is 2.42. The smallest absolute Gasteiger partial charge is 0.228 e. The molecular weight excluding hydrogens is 272 g/mol. The van der Waals surface area contributed by atoms with E-state index in [0.29, 0.717) is 5.92 Å². The quantitative estimate of drug-likeness (QED) is 0.894. The lowest BCUT2D eigenvalue weighted by molar-refractivity contribution is -0.115. The van der Waals surface area contributed by atoms with Gasteiger partial charge in [-0.05, 0) is 29.2 Å². The maximum atomic E-state index is 13.4. The molecule has 110 valence electrons. The zero-order chi connectivity index (χ0) is 15.4. The first-order chi connectivity index (χ1) is 9.95. The number of carbonyl (C=O) groups is 1. The summed E-state index contributed by atoms with van der Waals surface area (Å²) in [5.41, 5.74) is 2.03. The number of amides is 1. The summed E-state index contributed by atoms with van der Waals surface area (Å²) in [4.78, 5) is 11.9. The number of benzene rings is 2. The van der Waals surface area contributed by atoms with Crippen molar-refractivity contribution in [2.24, 2.45) is 0 Å². The van der Waals surface area contributed by atoms with Crippen molar-refractivity contribution >= 4 is 11.6 Å². The van der Waals surface area contributed by atoms with Crippen LogP contribution in [0.3, 0.4) is 0 Å². The summed E-state index contributed by atoms with van der Waals surface area (Å²) in [6, 6.07) is 10.8. The molecule has 21 heavy (non-hydrogen) atoms. The molecule has 0 unspecified atom stereocenters. The fourth-order valence-corrected chi connectivity index (χ4v) is 1.99. The van der Waals surface area contributed by atoms with E-state index in [9.17, 15) is 13.6 Å². The Labute approximate surface area is 122 Å². The normalized spacial score (nSPS) is 10.7. The lowest BCUT2D eigenvalue weighted by Crippen LogP contribution is -2.15. The number of nitrogens with one attached hydrogen (secondary N) is 1. The molecule has 0 aliphatic rings. The van der Waals surface area contributed by atoms with Crippen molar-refractivity contribution in [3.63, 3.8) is 0 Å². The van der Waals surface area contributed by atoms with Gasteiger partial charge in [0, 0.05) is 6.07 Å². The van der Waals surface area contributed by atoms with Gasteiger partial charge < -0.3 is 5.32 Å². The van der Waals surface area contributed by atoms with Gasteiger partial charge in [0.2, 0.25) is 5.91 Å². The van der Waals surface area contributed by atoms with Crippen LogP contribution in [0.25, 0.3) is 0 Å². The summed E-state index contributed by atoms with van der Waals surface area (Å²) >= 11 is 0. The Morgan fingerprint density at radius 1 is 1.10 bits per heavy atom. The average molecular weight is 289 g/mol. The summed E-state index contributed by atoms with van der Waals surface area (Å²) in [6.07, 6.45) is 0.148. The number of halogens is 2. The standard InChI is InChI=1S/C17H17F2NO/c1-11(2)13-5-3-12(4-6-13)9-17(21)20-16-8-7-14(18)10-15(16)19/h3-8,10-11H,9H2,1-2H3,(H,20,21). The number of hydrogen-bond acceptors (Lipinski definition) is 1.